The second-order valence-electron chi connectivity index (χ2n) is 5.51. The van der Waals surface area contributed by atoms with Gasteiger partial charge < -0.3 is 10.1 Å². The van der Waals surface area contributed by atoms with Gasteiger partial charge in [-0.3, -0.25) is 9.78 Å². The fourth-order valence-corrected chi connectivity index (χ4v) is 2.51. The highest BCUT2D eigenvalue weighted by molar-refractivity contribution is 6.08. The molecule has 0 aliphatic rings. The number of fused-ring (bicyclic) bond motifs is 1. The molecule has 0 fully saturated rings. The first-order valence-corrected chi connectivity index (χ1v) is 7.40. The third kappa shape index (κ3) is 3.16. The molecule has 4 nitrogen and oxygen atoms in total. The van der Waals surface area contributed by atoms with Crippen molar-refractivity contribution in [3.8, 4) is 5.75 Å². The van der Waals surface area contributed by atoms with E-state index < -0.39 is 0 Å². The Morgan fingerprint density at radius 2 is 1.78 bits per heavy atom. The van der Waals surface area contributed by atoms with Crippen molar-refractivity contribution in [2.75, 3.05) is 12.4 Å². The second-order valence-corrected chi connectivity index (χ2v) is 5.51. The normalized spacial score (nSPS) is 10.6. The van der Waals surface area contributed by atoms with E-state index in [2.05, 4.69) is 10.3 Å². The van der Waals surface area contributed by atoms with Crippen LogP contribution >= 0.6 is 0 Å². The van der Waals surface area contributed by atoms with Gasteiger partial charge >= 0.3 is 0 Å². The Morgan fingerprint density at radius 1 is 1.04 bits per heavy atom. The van der Waals surface area contributed by atoms with Crippen molar-refractivity contribution < 1.29 is 9.53 Å². The van der Waals surface area contributed by atoms with Crippen molar-refractivity contribution in [3.63, 3.8) is 0 Å². The number of carbonyl (C=O) groups excluding carboxylic acids is 1. The van der Waals surface area contributed by atoms with Crippen LogP contribution in [-0.2, 0) is 0 Å². The molecule has 0 atom stereocenters. The summed E-state index contributed by atoms with van der Waals surface area (Å²) >= 11 is 0. The molecule has 1 N–H and O–H groups in total. The van der Waals surface area contributed by atoms with Crippen LogP contribution in [0.4, 0.5) is 5.69 Å². The van der Waals surface area contributed by atoms with Gasteiger partial charge in [0.05, 0.1) is 18.3 Å². The van der Waals surface area contributed by atoms with E-state index in [0.29, 0.717) is 5.56 Å². The van der Waals surface area contributed by atoms with Gasteiger partial charge in [0.15, 0.2) is 0 Å². The summed E-state index contributed by atoms with van der Waals surface area (Å²) in [5, 5.41) is 3.93. The predicted octanol–water partition coefficient (Wildman–Crippen LogP) is 4.11. The Balaban J connectivity index is 1.96. The number of hydrogen-bond donors (Lipinski definition) is 1. The first-order valence-electron chi connectivity index (χ1n) is 7.40. The molecule has 0 spiro atoms. The molecule has 0 bridgehead atoms. The summed E-state index contributed by atoms with van der Waals surface area (Å²) < 4.78 is 5.11. The predicted molar refractivity (Wildman–Crippen MR) is 92.2 cm³/mol. The molecular formula is C19H18N2O2. The number of rotatable bonds is 3. The topological polar surface area (TPSA) is 51.2 Å². The highest BCUT2D eigenvalue weighted by Crippen LogP contribution is 2.25. The summed E-state index contributed by atoms with van der Waals surface area (Å²) in [6.45, 7) is 3.94. The number of hydrogen-bond acceptors (Lipinski definition) is 3. The lowest BCUT2D eigenvalue weighted by Crippen LogP contribution is -2.12. The van der Waals surface area contributed by atoms with E-state index in [1.54, 1.807) is 31.4 Å². The van der Waals surface area contributed by atoms with Crippen LogP contribution in [-0.4, -0.2) is 18.0 Å². The Bertz CT molecular complexity index is 870. The van der Waals surface area contributed by atoms with Crippen molar-refractivity contribution in [1.82, 2.24) is 4.98 Å². The van der Waals surface area contributed by atoms with E-state index in [1.807, 2.05) is 38.1 Å². The largest absolute Gasteiger partial charge is 0.497 e. The lowest BCUT2D eigenvalue weighted by Gasteiger charge is -2.11. The molecule has 3 aromatic rings. The van der Waals surface area contributed by atoms with Gasteiger partial charge in [0.25, 0.3) is 5.91 Å². The average Bonchev–Trinajstić information content (AvgIpc) is 2.55. The van der Waals surface area contributed by atoms with E-state index >= 15 is 0 Å². The quantitative estimate of drug-likeness (QED) is 0.792. The van der Waals surface area contributed by atoms with Crippen LogP contribution in [0.2, 0.25) is 0 Å². The summed E-state index contributed by atoms with van der Waals surface area (Å²) in [5.74, 6) is 0.573. The van der Waals surface area contributed by atoms with Crippen LogP contribution in [0.3, 0.4) is 0 Å². The van der Waals surface area contributed by atoms with Gasteiger partial charge in [-0.2, -0.15) is 0 Å². The molecule has 0 saturated heterocycles. The van der Waals surface area contributed by atoms with Crippen molar-refractivity contribution in [1.29, 1.82) is 0 Å². The maximum absolute atomic E-state index is 12.5. The molecule has 0 unspecified atom stereocenters. The zero-order chi connectivity index (χ0) is 16.4. The third-order valence-electron chi connectivity index (χ3n) is 3.69. The second kappa shape index (κ2) is 6.08. The van der Waals surface area contributed by atoms with Gasteiger partial charge in [-0.15, -0.1) is 0 Å². The molecule has 2 aromatic carbocycles. The molecule has 0 saturated carbocycles. The summed E-state index contributed by atoms with van der Waals surface area (Å²) in [5.41, 5.74) is 4.23. The average molecular weight is 306 g/mol. The monoisotopic (exact) mass is 306 g/mol. The molecule has 0 aliphatic carbocycles. The van der Waals surface area contributed by atoms with Gasteiger partial charge in [-0.05, 0) is 56.3 Å². The number of aromatic nitrogens is 1. The van der Waals surface area contributed by atoms with E-state index in [0.717, 1.165) is 33.6 Å². The standard InChI is InChI=1S/C19H18N2O2/c1-12-4-9-17-16(10-12)18(11-13(2)20-17)21-19(22)14-5-7-15(23-3)8-6-14/h4-11H,1-3H3,(H,20,21,22). The van der Waals surface area contributed by atoms with E-state index in [9.17, 15) is 4.79 Å². The minimum absolute atomic E-state index is 0.152. The number of anilines is 1. The smallest absolute Gasteiger partial charge is 0.255 e. The van der Waals surface area contributed by atoms with Crippen molar-refractivity contribution >= 4 is 22.5 Å². The molecule has 4 heteroatoms. The summed E-state index contributed by atoms with van der Waals surface area (Å²) in [6.07, 6.45) is 0. The Labute approximate surface area is 135 Å². The summed E-state index contributed by atoms with van der Waals surface area (Å²) in [4.78, 5) is 17.0. The number of aryl methyl sites for hydroxylation is 2. The maximum Gasteiger partial charge on any atom is 0.255 e. The maximum atomic E-state index is 12.5. The SMILES string of the molecule is COc1ccc(C(=O)Nc2cc(C)nc3ccc(C)cc23)cc1. The van der Waals surface area contributed by atoms with Crippen LogP contribution in [0.1, 0.15) is 21.6 Å². The van der Waals surface area contributed by atoms with Crippen LogP contribution in [0, 0.1) is 13.8 Å². The summed E-state index contributed by atoms with van der Waals surface area (Å²) in [6, 6.07) is 15.0. The highest BCUT2D eigenvalue weighted by Gasteiger charge is 2.10. The van der Waals surface area contributed by atoms with E-state index in [4.69, 9.17) is 4.74 Å². The van der Waals surface area contributed by atoms with Crippen molar-refractivity contribution in [3.05, 3.63) is 65.4 Å². The fraction of sp³-hybridized carbons (Fsp3) is 0.158. The number of methoxy groups -OCH3 is 1. The molecular weight excluding hydrogens is 288 g/mol. The number of ether oxygens (including phenoxy) is 1. The number of nitrogens with one attached hydrogen (secondary N) is 1. The third-order valence-corrected chi connectivity index (χ3v) is 3.69. The first-order chi connectivity index (χ1) is 11.1. The molecule has 1 aromatic heterocycles. The molecule has 0 radical (unpaired) electrons. The highest BCUT2D eigenvalue weighted by atomic mass is 16.5. The molecule has 23 heavy (non-hydrogen) atoms. The zero-order valence-corrected chi connectivity index (χ0v) is 13.4. The van der Waals surface area contributed by atoms with Crippen LogP contribution in [0.15, 0.2) is 48.5 Å². The van der Waals surface area contributed by atoms with Crippen molar-refractivity contribution in [2.45, 2.75) is 13.8 Å². The van der Waals surface area contributed by atoms with Crippen LogP contribution in [0.5, 0.6) is 5.75 Å². The number of nitrogens with zero attached hydrogens (tertiary/aromatic N) is 1. The molecule has 1 amide bonds. The van der Waals surface area contributed by atoms with Crippen LogP contribution in [0.25, 0.3) is 10.9 Å². The molecule has 116 valence electrons. The van der Waals surface area contributed by atoms with Crippen molar-refractivity contribution in [2.24, 2.45) is 0 Å². The summed E-state index contributed by atoms with van der Waals surface area (Å²) in [7, 11) is 1.60. The van der Waals surface area contributed by atoms with Gasteiger partial charge in [0, 0.05) is 16.6 Å². The number of benzene rings is 2. The van der Waals surface area contributed by atoms with E-state index in [-0.39, 0.29) is 5.91 Å². The zero-order valence-electron chi connectivity index (χ0n) is 13.4. The lowest BCUT2D eigenvalue weighted by atomic mass is 10.1. The van der Waals surface area contributed by atoms with Crippen LogP contribution < -0.4 is 10.1 Å². The molecule has 1 heterocycles. The Kier molecular flexibility index (Phi) is 3.98. The number of pyridine rings is 1. The van der Waals surface area contributed by atoms with Gasteiger partial charge in [0.1, 0.15) is 5.75 Å². The number of amides is 1. The van der Waals surface area contributed by atoms with Gasteiger partial charge in [-0.1, -0.05) is 11.6 Å². The Hall–Kier alpha value is -2.88. The van der Waals surface area contributed by atoms with Gasteiger partial charge in [-0.25, -0.2) is 0 Å². The molecule has 0 aliphatic heterocycles. The van der Waals surface area contributed by atoms with Gasteiger partial charge in [0.2, 0.25) is 0 Å². The van der Waals surface area contributed by atoms with E-state index in [1.165, 1.54) is 0 Å². The minimum Gasteiger partial charge on any atom is -0.497 e. The fourth-order valence-electron chi connectivity index (χ4n) is 2.51. The number of carbonyl (C=O) groups is 1. The molecule has 3 rings (SSSR count). The Morgan fingerprint density at radius 3 is 2.48 bits per heavy atom. The first kappa shape index (κ1) is 15.0. The lowest BCUT2D eigenvalue weighted by molar-refractivity contribution is 0.102. The minimum atomic E-state index is -0.152.